The number of benzene rings is 1. The zero-order valence-corrected chi connectivity index (χ0v) is 9.79. The van der Waals surface area contributed by atoms with Gasteiger partial charge in [-0.25, -0.2) is 0 Å². The predicted molar refractivity (Wildman–Crippen MR) is 60.7 cm³/mol. The lowest BCUT2D eigenvalue weighted by atomic mass is 9.98. The summed E-state index contributed by atoms with van der Waals surface area (Å²) in [6.07, 6.45) is -0.693. The van der Waals surface area contributed by atoms with Crippen LogP contribution in [0.4, 0.5) is 0 Å². The maximum Gasteiger partial charge on any atom is 0.312 e. The van der Waals surface area contributed by atoms with Gasteiger partial charge in [0.15, 0.2) is 6.29 Å². The van der Waals surface area contributed by atoms with Crippen LogP contribution >= 0.6 is 0 Å². The Hall–Kier alpha value is -1.59. The number of methoxy groups -OCH3 is 2. The number of carbonyl (C=O) groups is 1. The smallest absolute Gasteiger partial charge is 0.312 e. The van der Waals surface area contributed by atoms with Crippen LogP contribution in [0.15, 0.2) is 24.3 Å². The maximum atomic E-state index is 11.1. The van der Waals surface area contributed by atoms with Crippen LogP contribution < -0.4 is 0 Å². The molecule has 0 spiro atoms. The van der Waals surface area contributed by atoms with E-state index in [0.29, 0.717) is 5.56 Å². The molecule has 0 saturated heterocycles. The van der Waals surface area contributed by atoms with Crippen molar-refractivity contribution in [3.63, 3.8) is 0 Å². The molecule has 5 nitrogen and oxygen atoms in total. The van der Waals surface area contributed by atoms with Crippen molar-refractivity contribution >= 4 is 5.97 Å². The van der Waals surface area contributed by atoms with Gasteiger partial charge in [-0.15, -0.1) is 0 Å². The molecule has 0 aliphatic rings. The van der Waals surface area contributed by atoms with E-state index in [9.17, 15) is 9.90 Å². The molecule has 0 bridgehead atoms. The van der Waals surface area contributed by atoms with E-state index in [1.165, 1.54) is 20.3 Å². The van der Waals surface area contributed by atoms with Crippen molar-refractivity contribution in [1.29, 1.82) is 0 Å². The fourth-order valence-corrected chi connectivity index (χ4v) is 1.65. The van der Waals surface area contributed by atoms with Crippen molar-refractivity contribution in [2.75, 3.05) is 14.2 Å². The highest BCUT2D eigenvalue weighted by Gasteiger charge is 2.29. The van der Waals surface area contributed by atoms with Crippen molar-refractivity contribution in [3.8, 4) is 5.75 Å². The quantitative estimate of drug-likeness (QED) is 0.732. The molecule has 1 unspecified atom stereocenters. The third-order valence-corrected chi connectivity index (χ3v) is 2.54. The molecule has 0 amide bonds. The summed E-state index contributed by atoms with van der Waals surface area (Å²) in [4.78, 5) is 11.1. The lowest BCUT2D eigenvalue weighted by Gasteiger charge is -2.21. The molecule has 0 heterocycles. The maximum absolute atomic E-state index is 11.1. The summed E-state index contributed by atoms with van der Waals surface area (Å²) in [5.74, 6) is -1.81. The van der Waals surface area contributed by atoms with Crippen LogP contribution in [0.25, 0.3) is 0 Å². The highest BCUT2D eigenvalue weighted by atomic mass is 16.7. The van der Waals surface area contributed by atoms with E-state index in [2.05, 4.69) is 0 Å². The van der Waals surface area contributed by atoms with E-state index < -0.39 is 18.2 Å². The lowest BCUT2D eigenvalue weighted by molar-refractivity contribution is -0.171. The Bertz CT molecular complexity index is 373. The second-order valence-corrected chi connectivity index (χ2v) is 3.62. The monoisotopic (exact) mass is 240 g/mol. The van der Waals surface area contributed by atoms with Crippen molar-refractivity contribution in [2.45, 2.75) is 12.7 Å². The summed E-state index contributed by atoms with van der Waals surface area (Å²) in [5, 5.41) is 18.7. The van der Waals surface area contributed by atoms with Crippen LogP contribution in [-0.4, -0.2) is 36.7 Å². The number of rotatable bonds is 6. The molecule has 17 heavy (non-hydrogen) atoms. The molecule has 1 atom stereocenters. The van der Waals surface area contributed by atoms with E-state index in [-0.39, 0.29) is 12.2 Å². The summed E-state index contributed by atoms with van der Waals surface area (Å²) in [6.45, 7) is 0. The first kappa shape index (κ1) is 13.5. The van der Waals surface area contributed by atoms with Crippen LogP contribution in [0.3, 0.4) is 0 Å². The Kier molecular flexibility index (Phi) is 4.93. The van der Waals surface area contributed by atoms with E-state index in [0.717, 1.165) is 0 Å². The highest BCUT2D eigenvalue weighted by molar-refractivity contribution is 5.71. The van der Waals surface area contributed by atoms with Gasteiger partial charge in [0.2, 0.25) is 0 Å². The third kappa shape index (κ3) is 3.44. The molecule has 1 rings (SSSR count). The second kappa shape index (κ2) is 6.22. The summed E-state index contributed by atoms with van der Waals surface area (Å²) in [7, 11) is 2.77. The minimum Gasteiger partial charge on any atom is -0.508 e. The van der Waals surface area contributed by atoms with Gasteiger partial charge in [0.1, 0.15) is 11.7 Å². The SMILES string of the molecule is COC(OC)C(Cc1ccccc1O)C(=O)O. The van der Waals surface area contributed by atoms with Gasteiger partial charge < -0.3 is 19.7 Å². The summed E-state index contributed by atoms with van der Waals surface area (Å²) < 4.78 is 9.90. The second-order valence-electron chi connectivity index (χ2n) is 3.62. The first-order valence-electron chi connectivity index (χ1n) is 5.15. The minimum atomic E-state index is -1.03. The van der Waals surface area contributed by atoms with Gasteiger partial charge in [-0.05, 0) is 18.1 Å². The van der Waals surface area contributed by atoms with Crippen molar-refractivity contribution < 1.29 is 24.5 Å². The molecule has 0 aliphatic heterocycles. The van der Waals surface area contributed by atoms with Gasteiger partial charge in [0.25, 0.3) is 0 Å². The van der Waals surface area contributed by atoms with Crippen LogP contribution in [0.2, 0.25) is 0 Å². The topological polar surface area (TPSA) is 76.0 Å². The zero-order chi connectivity index (χ0) is 12.8. The average molecular weight is 240 g/mol. The molecule has 2 N–H and O–H groups in total. The fourth-order valence-electron chi connectivity index (χ4n) is 1.65. The van der Waals surface area contributed by atoms with Crippen molar-refractivity contribution in [2.24, 2.45) is 5.92 Å². The number of hydrogen-bond donors (Lipinski definition) is 2. The van der Waals surface area contributed by atoms with Gasteiger partial charge in [0.05, 0.1) is 0 Å². The number of para-hydroxylation sites is 1. The zero-order valence-electron chi connectivity index (χ0n) is 9.79. The number of phenols is 1. The van der Waals surface area contributed by atoms with Gasteiger partial charge in [-0.2, -0.15) is 0 Å². The van der Waals surface area contributed by atoms with Crippen LogP contribution in [0.5, 0.6) is 5.75 Å². The molecule has 0 fully saturated rings. The molecule has 94 valence electrons. The molecule has 0 saturated carbocycles. The number of carboxylic acids is 1. The molecular formula is C12H16O5. The Morgan fingerprint density at radius 3 is 2.35 bits per heavy atom. The number of aromatic hydroxyl groups is 1. The number of phenolic OH excluding ortho intramolecular Hbond substituents is 1. The normalized spacial score (nSPS) is 12.6. The molecule has 1 aromatic carbocycles. The summed E-state index contributed by atoms with van der Waals surface area (Å²) in [5.41, 5.74) is 0.555. The minimum absolute atomic E-state index is 0.0738. The van der Waals surface area contributed by atoms with Crippen LogP contribution in [0.1, 0.15) is 5.56 Å². The number of carboxylic acid groups (broad SMARTS) is 1. The molecule has 0 radical (unpaired) electrons. The van der Waals surface area contributed by atoms with E-state index in [1.54, 1.807) is 18.2 Å². The van der Waals surface area contributed by atoms with Gasteiger partial charge in [0, 0.05) is 14.2 Å². The van der Waals surface area contributed by atoms with Crippen molar-refractivity contribution in [3.05, 3.63) is 29.8 Å². The Morgan fingerprint density at radius 2 is 1.88 bits per heavy atom. The summed E-state index contributed by atoms with van der Waals surface area (Å²) >= 11 is 0. The lowest BCUT2D eigenvalue weighted by Crippen LogP contribution is -2.33. The molecule has 0 aliphatic carbocycles. The predicted octanol–water partition coefficient (Wildman–Crippen LogP) is 1.25. The molecule has 5 heteroatoms. The third-order valence-electron chi connectivity index (χ3n) is 2.54. The Morgan fingerprint density at radius 1 is 1.29 bits per heavy atom. The van der Waals surface area contributed by atoms with E-state index in [4.69, 9.17) is 14.6 Å². The molecular weight excluding hydrogens is 224 g/mol. The fraction of sp³-hybridized carbons (Fsp3) is 0.417. The number of ether oxygens (including phenoxy) is 2. The van der Waals surface area contributed by atoms with E-state index >= 15 is 0 Å². The van der Waals surface area contributed by atoms with Gasteiger partial charge >= 0.3 is 5.97 Å². The van der Waals surface area contributed by atoms with Crippen LogP contribution in [-0.2, 0) is 20.7 Å². The molecule has 0 aromatic heterocycles. The Balaban J connectivity index is 2.87. The first-order chi connectivity index (χ1) is 8.10. The number of hydrogen-bond acceptors (Lipinski definition) is 4. The van der Waals surface area contributed by atoms with E-state index in [1.807, 2.05) is 0 Å². The highest BCUT2D eigenvalue weighted by Crippen LogP contribution is 2.22. The molecule has 1 aromatic rings. The van der Waals surface area contributed by atoms with Crippen LogP contribution in [0, 0.1) is 5.92 Å². The van der Waals surface area contributed by atoms with Crippen molar-refractivity contribution in [1.82, 2.24) is 0 Å². The standard InChI is InChI=1S/C12H16O5/c1-16-12(17-2)9(11(14)15)7-8-5-3-4-6-10(8)13/h3-6,9,12-13H,7H2,1-2H3,(H,14,15). The van der Waals surface area contributed by atoms with Gasteiger partial charge in [-0.1, -0.05) is 18.2 Å². The Labute approximate surface area is 99.6 Å². The number of aliphatic carboxylic acids is 1. The largest absolute Gasteiger partial charge is 0.508 e. The average Bonchev–Trinajstić information content (AvgIpc) is 2.31. The van der Waals surface area contributed by atoms with Gasteiger partial charge in [-0.3, -0.25) is 4.79 Å². The first-order valence-corrected chi connectivity index (χ1v) is 5.15. The summed E-state index contributed by atoms with van der Waals surface area (Å²) in [6, 6.07) is 6.61.